The monoisotopic (exact) mass is 268 g/mol. The highest BCUT2D eigenvalue weighted by molar-refractivity contribution is 5.98. The summed E-state index contributed by atoms with van der Waals surface area (Å²) in [6.07, 6.45) is 0. The SMILES string of the molecule is Cc1ccc(CN=C(N)c2ccc(C(=O)O)cc2)cc1. The van der Waals surface area contributed by atoms with E-state index in [0.717, 1.165) is 11.1 Å². The van der Waals surface area contributed by atoms with Gasteiger partial charge in [0, 0.05) is 5.56 Å². The molecule has 20 heavy (non-hydrogen) atoms. The Bertz CT molecular complexity index is 629. The average molecular weight is 268 g/mol. The van der Waals surface area contributed by atoms with Crippen molar-refractivity contribution < 1.29 is 9.90 Å². The van der Waals surface area contributed by atoms with E-state index in [2.05, 4.69) is 4.99 Å². The third-order valence-corrected chi connectivity index (χ3v) is 2.98. The van der Waals surface area contributed by atoms with Crippen molar-refractivity contribution in [3.05, 3.63) is 70.8 Å². The molecule has 2 aromatic rings. The molecule has 0 aliphatic carbocycles. The van der Waals surface area contributed by atoms with Crippen LogP contribution < -0.4 is 5.73 Å². The molecular weight excluding hydrogens is 252 g/mol. The normalized spacial score (nSPS) is 11.3. The molecule has 0 aliphatic rings. The van der Waals surface area contributed by atoms with E-state index in [1.54, 1.807) is 12.1 Å². The van der Waals surface area contributed by atoms with Gasteiger partial charge in [0.1, 0.15) is 5.84 Å². The molecule has 0 spiro atoms. The number of amidine groups is 1. The molecule has 3 N–H and O–H groups in total. The number of carbonyl (C=O) groups is 1. The van der Waals surface area contributed by atoms with Crippen LogP contribution in [0.4, 0.5) is 0 Å². The topological polar surface area (TPSA) is 75.7 Å². The zero-order valence-electron chi connectivity index (χ0n) is 11.2. The van der Waals surface area contributed by atoms with Crippen LogP contribution in [-0.4, -0.2) is 16.9 Å². The van der Waals surface area contributed by atoms with E-state index in [0.29, 0.717) is 12.4 Å². The molecule has 2 rings (SSSR count). The lowest BCUT2D eigenvalue weighted by Gasteiger charge is -2.03. The molecule has 0 saturated carbocycles. The van der Waals surface area contributed by atoms with Crippen molar-refractivity contribution in [3.63, 3.8) is 0 Å². The molecule has 0 bridgehead atoms. The third-order valence-electron chi connectivity index (χ3n) is 2.98. The Labute approximate surface area is 117 Å². The van der Waals surface area contributed by atoms with Crippen molar-refractivity contribution in [1.82, 2.24) is 0 Å². The van der Waals surface area contributed by atoms with Gasteiger partial charge < -0.3 is 10.8 Å². The zero-order chi connectivity index (χ0) is 14.5. The average Bonchev–Trinajstić information content (AvgIpc) is 2.46. The number of rotatable bonds is 4. The molecular formula is C16H16N2O2. The first kappa shape index (κ1) is 13.8. The Kier molecular flexibility index (Phi) is 4.15. The van der Waals surface area contributed by atoms with E-state index >= 15 is 0 Å². The maximum absolute atomic E-state index is 10.8. The number of nitrogens with zero attached hydrogens (tertiary/aromatic N) is 1. The van der Waals surface area contributed by atoms with Crippen molar-refractivity contribution in [2.24, 2.45) is 10.7 Å². The minimum atomic E-state index is -0.952. The van der Waals surface area contributed by atoms with E-state index < -0.39 is 5.97 Å². The highest BCUT2D eigenvalue weighted by Gasteiger charge is 2.03. The second-order valence-corrected chi connectivity index (χ2v) is 4.57. The summed E-state index contributed by atoms with van der Waals surface area (Å²) in [6.45, 7) is 2.54. The van der Waals surface area contributed by atoms with Gasteiger partial charge in [-0.25, -0.2) is 4.79 Å². The molecule has 0 heterocycles. The number of nitrogens with two attached hydrogens (primary N) is 1. The first-order valence-corrected chi connectivity index (χ1v) is 6.25. The quantitative estimate of drug-likeness (QED) is 0.661. The summed E-state index contributed by atoms with van der Waals surface area (Å²) in [7, 11) is 0. The van der Waals surface area contributed by atoms with Gasteiger partial charge in [0.25, 0.3) is 0 Å². The molecule has 0 fully saturated rings. The summed E-state index contributed by atoms with van der Waals surface area (Å²) in [6, 6.07) is 14.5. The molecule has 0 aliphatic heterocycles. The fourth-order valence-electron chi connectivity index (χ4n) is 1.74. The van der Waals surface area contributed by atoms with Gasteiger partial charge >= 0.3 is 5.97 Å². The number of hydrogen-bond acceptors (Lipinski definition) is 2. The summed E-state index contributed by atoms with van der Waals surface area (Å²) in [5.41, 5.74) is 9.15. The van der Waals surface area contributed by atoms with Crippen LogP contribution >= 0.6 is 0 Å². The number of aliphatic imine (C=N–C) groups is 1. The molecule has 4 heteroatoms. The summed E-state index contributed by atoms with van der Waals surface area (Å²) in [5, 5.41) is 8.83. The van der Waals surface area contributed by atoms with Crippen LogP contribution in [0.3, 0.4) is 0 Å². The first-order chi connectivity index (χ1) is 9.56. The molecule has 0 saturated heterocycles. The Hall–Kier alpha value is -2.62. The fraction of sp³-hybridized carbons (Fsp3) is 0.125. The minimum absolute atomic E-state index is 0.236. The van der Waals surface area contributed by atoms with Crippen molar-refractivity contribution in [1.29, 1.82) is 0 Å². The lowest BCUT2D eigenvalue weighted by molar-refractivity contribution is 0.0697. The summed E-state index contributed by atoms with van der Waals surface area (Å²) < 4.78 is 0. The lowest BCUT2D eigenvalue weighted by atomic mass is 10.1. The van der Waals surface area contributed by atoms with Crippen molar-refractivity contribution in [3.8, 4) is 0 Å². The number of carboxylic acid groups (broad SMARTS) is 1. The van der Waals surface area contributed by atoms with E-state index in [4.69, 9.17) is 10.8 Å². The minimum Gasteiger partial charge on any atom is -0.478 e. The van der Waals surface area contributed by atoms with E-state index in [1.165, 1.54) is 17.7 Å². The van der Waals surface area contributed by atoms with Crippen molar-refractivity contribution >= 4 is 11.8 Å². The van der Waals surface area contributed by atoms with Crippen molar-refractivity contribution in [2.45, 2.75) is 13.5 Å². The number of hydrogen-bond donors (Lipinski definition) is 2. The molecule has 0 aromatic heterocycles. The second kappa shape index (κ2) is 6.02. The number of benzene rings is 2. The number of aryl methyl sites for hydroxylation is 1. The van der Waals surface area contributed by atoms with Gasteiger partial charge in [-0.1, -0.05) is 42.0 Å². The standard InChI is InChI=1S/C16H16N2O2/c1-11-2-4-12(5-3-11)10-18-15(17)13-6-8-14(9-7-13)16(19)20/h2-9H,10H2,1H3,(H2,17,18)(H,19,20). The van der Waals surface area contributed by atoms with Gasteiger partial charge in [-0.2, -0.15) is 0 Å². The molecule has 102 valence electrons. The highest BCUT2D eigenvalue weighted by atomic mass is 16.4. The zero-order valence-corrected chi connectivity index (χ0v) is 11.2. The lowest BCUT2D eigenvalue weighted by Crippen LogP contribution is -2.14. The van der Waals surface area contributed by atoms with Crippen LogP contribution in [0.5, 0.6) is 0 Å². The Balaban J connectivity index is 2.09. The van der Waals surface area contributed by atoms with E-state index in [1.807, 2.05) is 31.2 Å². The summed E-state index contributed by atoms with van der Waals surface area (Å²) in [5.74, 6) is -0.547. The van der Waals surface area contributed by atoms with Gasteiger partial charge in [-0.3, -0.25) is 4.99 Å². The van der Waals surface area contributed by atoms with Crippen LogP contribution in [-0.2, 0) is 6.54 Å². The number of carboxylic acids is 1. The molecule has 4 nitrogen and oxygen atoms in total. The van der Waals surface area contributed by atoms with Crippen molar-refractivity contribution in [2.75, 3.05) is 0 Å². The number of aromatic carboxylic acids is 1. The molecule has 2 aromatic carbocycles. The van der Waals surface area contributed by atoms with Crippen LogP contribution in [0.25, 0.3) is 0 Å². The first-order valence-electron chi connectivity index (χ1n) is 6.25. The largest absolute Gasteiger partial charge is 0.478 e. The van der Waals surface area contributed by atoms with Gasteiger partial charge in [-0.05, 0) is 24.6 Å². The summed E-state index contributed by atoms with van der Waals surface area (Å²) in [4.78, 5) is 15.1. The van der Waals surface area contributed by atoms with Gasteiger partial charge in [-0.15, -0.1) is 0 Å². The van der Waals surface area contributed by atoms with E-state index in [9.17, 15) is 4.79 Å². The summed E-state index contributed by atoms with van der Waals surface area (Å²) >= 11 is 0. The Morgan fingerprint density at radius 1 is 1.05 bits per heavy atom. The molecule has 0 atom stereocenters. The fourth-order valence-corrected chi connectivity index (χ4v) is 1.74. The van der Waals surface area contributed by atoms with Gasteiger partial charge in [0.2, 0.25) is 0 Å². The maximum Gasteiger partial charge on any atom is 0.335 e. The highest BCUT2D eigenvalue weighted by Crippen LogP contribution is 2.07. The van der Waals surface area contributed by atoms with Gasteiger partial charge in [0.15, 0.2) is 0 Å². The predicted octanol–water partition coefficient (Wildman–Crippen LogP) is 2.60. The van der Waals surface area contributed by atoms with Crippen LogP contribution in [0.2, 0.25) is 0 Å². The van der Waals surface area contributed by atoms with Crippen LogP contribution in [0.1, 0.15) is 27.0 Å². The van der Waals surface area contributed by atoms with E-state index in [-0.39, 0.29) is 5.56 Å². The predicted molar refractivity (Wildman–Crippen MR) is 79.0 cm³/mol. The van der Waals surface area contributed by atoms with Crippen LogP contribution in [0, 0.1) is 6.92 Å². The molecule has 0 amide bonds. The molecule has 0 unspecified atom stereocenters. The smallest absolute Gasteiger partial charge is 0.335 e. The second-order valence-electron chi connectivity index (χ2n) is 4.57. The van der Waals surface area contributed by atoms with Gasteiger partial charge in [0.05, 0.1) is 12.1 Å². The Morgan fingerprint density at radius 3 is 2.15 bits per heavy atom. The third kappa shape index (κ3) is 3.45. The Morgan fingerprint density at radius 2 is 1.60 bits per heavy atom. The maximum atomic E-state index is 10.8. The van der Waals surface area contributed by atoms with Crippen LogP contribution in [0.15, 0.2) is 53.5 Å². The molecule has 0 radical (unpaired) electrons.